The molecule has 2 saturated heterocycles. The molecule has 1 N–H and O–H groups in total. The molecule has 2 unspecified atom stereocenters. The average molecular weight is 213 g/mol. The molecule has 0 aromatic carbocycles. The lowest BCUT2D eigenvalue weighted by Gasteiger charge is -2.17. The maximum absolute atomic E-state index is 11.9. The van der Waals surface area contributed by atoms with Crippen molar-refractivity contribution in [2.45, 2.75) is 26.1 Å². The Morgan fingerprint density at radius 3 is 2.07 bits per heavy atom. The summed E-state index contributed by atoms with van der Waals surface area (Å²) in [6.45, 7) is 3.55. The van der Waals surface area contributed by atoms with Crippen molar-refractivity contribution in [1.82, 2.24) is 4.90 Å². The van der Waals surface area contributed by atoms with Crippen LogP contribution in [0.2, 0.25) is 0 Å². The Morgan fingerprint density at radius 2 is 1.67 bits per heavy atom. The molecule has 0 aromatic rings. The van der Waals surface area contributed by atoms with Gasteiger partial charge in [0.2, 0.25) is 11.8 Å². The summed E-state index contributed by atoms with van der Waals surface area (Å²) >= 11 is 0. The van der Waals surface area contributed by atoms with Gasteiger partial charge >= 0.3 is 0 Å². The maximum atomic E-state index is 11.9. The largest absolute Gasteiger partial charge is 0.395 e. The van der Waals surface area contributed by atoms with Crippen LogP contribution in [0.25, 0.3) is 0 Å². The van der Waals surface area contributed by atoms with E-state index in [0.29, 0.717) is 0 Å². The summed E-state index contributed by atoms with van der Waals surface area (Å²) in [5.41, 5.74) is 0. The molecule has 5 nitrogen and oxygen atoms in total. The summed E-state index contributed by atoms with van der Waals surface area (Å²) in [4.78, 5) is 24.9. The summed E-state index contributed by atoms with van der Waals surface area (Å²) < 4.78 is 5.46. The Labute approximate surface area is 88.0 Å². The Balaban J connectivity index is 2.25. The average Bonchev–Trinajstić information content (AvgIpc) is 2.59. The first-order valence-electron chi connectivity index (χ1n) is 5.19. The molecule has 0 spiro atoms. The quantitative estimate of drug-likeness (QED) is 0.621. The number of fused-ring (bicyclic) bond motifs is 1. The predicted octanol–water partition coefficient (Wildman–Crippen LogP) is -0.613. The molecule has 84 valence electrons. The van der Waals surface area contributed by atoms with Gasteiger partial charge in [0.25, 0.3) is 0 Å². The van der Waals surface area contributed by atoms with Gasteiger partial charge in [0.1, 0.15) is 0 Å². The highest BCUT2D eigenvalue weighted by atomic mass is 16.5. The molecule has 0 radical (unpaired) electrons. The zero-order valence-corrected chi connectivity index (χ0v) is 8.84. The molecule has 0 aliphatic carbocycles. The number of hydrogen-bond acceptors (Lipinski definition) is 4. The van der Waals surface area contributed by atoms with Gasteiger partial charge < -0.3 is 9.84 Å². The SMILES string of the molecule is C[C@@H]1O[C@H](C)C2C(=O)N(CCO)C(=O)C21. The zero-order valence-electron chi connectivity index (χ0n) is 8.84. The number of aliphatic hydroxyl groups is 1. The van der Waals surface area contributed by atoms with Gasteiger partial charge in [-0.3, -0.25) is 14.5 Å². The molecule has 15 heavy (non-hydrogen) atoms. The van der Waals surface area contributed by atoms with Crippen molar-refractivity contribution in [2.75, 3.05) is 13.2 Å². The monoisotopic (exact) mass is 213 g/mol. The highest BCUT2D eigenvalue weighted by molar-refractivity contribution is 6.06. The molecular weight excluding hydrogens is 198 g/mol. The van der Waals surface area contributed by atoms with Gasteiger partial charge in [-0.1, -0.05) is 0 Å². The minimum Gasteiger partial charge on any atom is -0.395 e. The Morgan fingerprint density at radius 1 is 1.20 bits per heavy atom. The van der Waals surface area contributed by atoms with E-state index < -0.39 is 0 Å². The topological polar surface area (TPSA) is 66.8 Å². The lowest BCUT2D eigenvalue weighted by molar-refractivity contribution is -0.143. The molecule has 2 aliphatic rings. The number of rotatable bonds is 2. The maximum Gasteiger partial charge on any atom is 0.235 e. The lowest BCUT2D eigenvalue weighted by Crippen LogP contribution is -2.37. The van der Waals surface area contributed by atoms with Crippen LogP contribution in [0.4, 0.5) is 0 Å². The van der Waals surface area contributed by atoms with Crippen molar-refractivity contribution >= 4 is 11.8 Å². The molecular formula is C10H15NO4. The Bertz CT molecular complexity index is 278. The molecule has 2 fully saturated rings. The van der Waals surface area contributed by atoms with Crippen LogP contribution in [-0.2, 0) is 14.3 Å². The van der Waals surface area contributed by atoms with Crippen molar-refractivity contribution in [3.8, 4) is 0 Å². The van der Waals surface area contributed by atoms with Crippen molar-refractivity contribution in [3.63, 3.8) is 0 Å². The number of likely N-dealkylation sites (tertiary alicyclic amines) is 1. The molecule has 2 heterocycles. The zero-order chi connectivity index (χ0) is 11.2. The van der Waals surface area contributed by atoms with Gasteiger partial charge in [-0.15, -0.1) is 0 Å². The first kappa shape index (κ1) is 10.6. The van der Waals surface area contributed by atoms with Crippen molar-refractivity contribution in [2.24, 2.45) is 11.8 Å². The number of imide groups is 1. The van der Waals surface area contributed by atoms with Crippen LogP contribution in [0.3, 0.4) is 0 Å². The normalized spacial score (nSPS) is 40.1. The smallest absolute Gasteiger partial charge is 0.235 e. The second-order valence-corrected chi connectivity index (χ2v) is 4.15. The Hall–Kier alpha value is -0.940. The van der Waals surface area contributed by atoms with Gasteiger partial charge in [0.05, 0.1) is 37.2 Å². The van der Waals surface area contributed by atoms with Crippen LogP contribution in [0.1, 0.15) is 13.8 Å². The summed E-state index contributed by atoms with van der Waals surface area (Å²) in [6.07, 6.45) is -0.407. The predicted molar refractivity (Wildman–Crippen MR) is 50.8 cm³/mol. The number of carbonyl (C=O) groups is 2. The Kier molecular flexibility index (Phi) is 2.52. The van der Waals surface area contributed by atoms with Gasteiger partial charge in [-0.2, -0.15) is 0 Å². The number of nitrogens with zero attached hydrogens (tertiary/aromatic N) is 1. The molecule has 2 aliphatic heterocycles. The third-order valence-electron chi connectivity index (χ3n) is 3.25. The van der Waals surface area contributed by atoms with E-state index in [-0.39, 0.29) is 49.0 Å². The van der Waals surface area contributed by atoms with Crippen LogP contribution < -0.4 is 0 Å². The highest BCUT2D eigenvalue weighted by Crippen LogP contribution is 2.39. The molecule has 0 aromatic heterocycles. The number of β-amino-alcohol motifs (C(OH)–C–C–N with tert-alkyl or cyclic N) is 1. The number of aliphatic hydroxyl groups excluding tert-OH is 1. The number of amides is 2. The standard InChI is InChI=1S/C10H15NO4/c1-5-7-8(6(2)15-5)10(14)11(3-4-12)9(7)13/h5-8,12H,3-4H2,1-2H3/t5-,6+,7?,8?. The van der Waals surface area contributed by atoms with E-state index in [4.69, 9.17) is 9.84 Å². The van der Waals surface area contributed by atoms with Crippen LogP contribution in [0.15, 0.2) is 0 Å². The van der Waals surface area contributed by atoms with E-state index in [9.17, 15) is 9.59 Å². The van der Waals surface area contributed by atoms with Crippen LogP contribution in [0.5, 0.6) is 0 Å². The number of carbonyl (C=O) groups excluding carboxylic acids is 2. The van der Waals surface area contributed by atoms with Gasteiger partial charge in [-0.05, 0) is 13.8 Å². The van der Waals surface area contributed by atoms with Crippen molar-refractivity contribution < 1.29 is 19.4 Å². The van der Waals surface area contributed by atoms with E-state index in [1.54, 1.807) is 0 Å². The van der Waals surface area contributed by atoms with E-state index in [2.05, 4.69) is 0 Å². The third-order valence-corrected chi connectivity index (χ3v) is 3.25. The van der Waals surface area contributed by atoms with Gasteiger partial charge in [0.15, 0.2) is 0 Å². The van der Waals surface area contributed by atoms with Crippen molar-refractivity contribution in [3.05, 3.63) is 0 Å². The third kappa shape index (κ3) is 1.38. The van der Waals surface area contributed by atoms with E-state index in [0.717, 1.165) is 4.90 Å². The van der Waals surface area contributed by atoms with E-state index in [1.807, 2.05) is 13.8 Å². The minimum atomic E-state index is -0.348. The van der Waals surface area contributed by atoms with Crippen LogP contribution in [-0.4, -0.2) is 47.2 Å². The summed E-state index contributed by atoms with van der Waals surface area (Å²) in [7, 11) is 0. The molecule has 4 atom stereocenters. The minimum absolute atomic E-state index is 0.101. The van der Waals surface area contributed by atoms with Gasteiger partial charge in [0, 0.05) is 0 Å². The second-order valence-electron chi connectivity index (χ2n) is 4.15. The molecule has 2 rings (SSSR count). The fourth-order valence-electron chi connectivity index (χ4n) is 2.59. The molecule has 0 saturated carbocycles. The fourth-order valence-corrected chi connectivity index (χ4v) is 2.59. The summed E-state index contributed by atoms with van der Waals surface area (Å²) in [6, 6.07) is 0. The van der Waals surface area contributed by atoms with Gasteiger partial charge in [-0.25, -0.2) is 0 Å². The first-order chi connectivity index (χ1) is 7.07. The van der Waals surface area contributed by atoms with E-state index in [1.165, 1.54) is 0 Å². The molecule has 0 bridgehead atoms. The van der Waals surface area contributed by atoms with Crippen LogP contribution >= 0.6 is 0 Å². The fraction of sp³-hybridized carbons (Fsp3) is 0.800. The highest BCUT2D eigenvalue weighted by Gasteiger charge is 2.56. The summed E-state index contributed by atoms with van der Waals surface area (Å²) in [5.74, 6) is -1.09. The molecule has 5 heteroatoms. The van der Waals surface area contributed by atoms with Crippen LogP contribution in [0, 0.1) is 11.8 Å². The number of hydrogen-bond donors (Lipinski definition) is 1. The molecule has 2 amide bonds. The van der Waals surface area contributed by atoms with Crippen molar-refractivity contribution in [1.29, 1.82) is 0 Å². The summed E-state index contributed by atoms with van der Waals surface area (Å²) in [5, 5.41) is 8.78. The first-order valence-corrected chi connectivity index (χ1v) is 5.19. The lowest BCUT2D eigenvalue weighted by atomic mass is 9.91. The second kappa shape index (κ2) is 3.57. The van der Waals surface area contributed by atoms with E-state index >= 15 is 0 Å². The number of ether oxygens (including phenoxy) is 1.